The van der Waals surface area contributed by atoms with Crippen LogP contribution in [0.1, 0.15) is 38.6 Å². The van der Waals surface area contributed by atoms with E-state index in [1.165, 1.54) is 10.4 Å². The van der Waals surface area contributed by atoms with Gasteiger partial charge in [-0.05, 0) is 50.5 Å². The highest BCUT2D eigenvalue weighted by Crippen LogP contribution is 2.31. The summed E-state index contributed by atoms with van der Waals surface area (Å²) in [4.78, 5) is 21.1. The Labute approximate surface area is 123 Å². The van der Waals surface area contributed by atoms with Crippen LogP contribution in [0.4, 0.5) is 0 Å². The molecule has 2 heterocycles. The zero-order valence-corrected chi connectivity index (χ0v) is 12.6. The van der Waals surface area contributed by atoms with E-state index in [9.17, 15) is 4.79 Å². The normalized spacial score (nSPS) is 14.3. The molecule has 2 aromatic rings. The van der Waals surface area contributed by atoms with Gasteiger partial charge in [-0.1, -0.05) is 6.07 Å². The molecule has 104 valence electrons. The molecule has 1 amide bonds. The largest absolute Gasteiger partial charge is 0.329 e. The molecule has 1 fully saturated rings. The highest BCUT2D eigenvalue weighted by atomic mass is 32.1. The molecule has 0 N–H and O–H groups in total. The van der Waals surface area contributed by atoms with E-state index >= 15 is 0 Å². The summed E-state index contributed by atoms with van der Waals surface area (Å²) in [6, 6.07) is 8.26. The van der Waals surface area contributed by atoms with Crippen LogP contribution in [-0.2, 0) is 6.54 Å². The van der Waals surface area contributed by atoms with E-state index in [-0.39, 0.29) is 5.91 Å². The third-order valence-corrected chi connectivity index (χ3v) is 4.82. The van der Waals surface area contributed by atoms with Gasteiger partial charge >= 0.3 is 0 Å². The van der Waals surface area contributed by atoms with E-state index in [0.29, 0.717) is 12.6 Å². The molecule has 0 unspecified atom stereocenters. The van der Waals surface area contributed by atoms with Crippen LogP contribution < -0.4 is 0 Å². The van der Waals surface area contributed by atoms with E-state index in [0.717, 1.165) is 23.4 Å². The Morgan fingerprint density at radius 1 is 1.40 bits per heavy atom. The molecule has 0 bridgehead atoms. The third-order valence-electron chi connectivity index (χ3n) is 3.68. The quantitative estimate of drug-likeness (QED) is 0.861. The molecule has 20 heavy (non-hydrogen) atoms. The second-order valence-electron chi connectivity index (χ2n) is 5.34. The van der Waals surface area contributed by atoms with Crippen molar-refractivity contribution >= 4 is 17.2 Å². The van der Waals surface area contributed by atoms with Crippen LogP contribution in [0.15, 0.2) is 30.5 Å². The molecule has 0 spiro atoms. The van der Waals surface area contributed by atoms with Crippen molar-refractivity contribution in [1.82, 2.24) is 9.88 Å². The van der Waals surface area contributed by atoms with E-state index in [2.05, 4.69) is 18.8 Å². The summed E-state index contributed by atoms with van der Waals surface area (Å²) in [6.07, 6.45) is 4.01. The molecule has 1 saturated carbocycles. The first-order chi connectivity index (χ1) is 9.65. The molecule has 0 saturated heterocycles. The average Bonchev–Trinajstić information content (AvgIpc) is 3.23. The van der Waals surface area contributed by atoms with E-state index in [1.807, 2.05) is 29.2 Å². The Hall–Kier alpha value is -1.68. The lowest BCUT2D eigenvalue weighted by Gasteiger charge is -2.21. The first kappa shape index (κ1) is 13.3. The van der Waals surface area contributed by atoms with Crippen molar-refractivity contribution in [3.63, 3.8) is 0 Å². The fourth-order valence-corrected chi connectivity index (χ4v) is 3.23. The summed E-state index contributed by atoms with van der Waals surface area (Å²) < 4.78 is 0. The maximum absolute atomic E-state index is 12.7. The molecule has 1 aliphatic rings. The summed E-state index contributed by atoms with van der Waals surface area (Å²) in [5, 5.41) is 0. The first-order valence-corrected chi connectivity index (χ1v) is 7.74. The highest BCUT2D eigenvalue weighted by Gasteiger charge is 2.33. The number of carbonyl (C=O) groups excluding carboxylic acids is 1. The van der Waals surface area contributed by atoms with Gasteiger partial charge in [0.15, 0.2) is 0 Å². The van der Waals surface area contributed by atoms with E-state index in [1.54, 1.807) is 17.5 Å². The number of rotatable bonds is 4. The van der Waals surface area contributed by atoms with Crippen LogP contribution in [0.25, 0.3) is 0 Å². The minimum Gasteiger partial charge on any atom is -0.329 e. The lowest BCUT2D eigenvalue weighted by molar-refractivity contribution is 0.0732. The maximum atomic E-state index is 12.7. The highest BCUT2D eigenvalue weighted by molar-refractivity contribution is 7.14. The van der Waals surface area contributed by atoms with Crippen LogP contribution >= 0.6 is 11.3 Å². The van der Waals surface area contributed by atoms with Crippen LogP contribution in [0.2, 0.25) is 0 Å². The summed E-state index contributed by atoms with van der Waals surface area (Å²) in [5.74, 6) is 0.152. The van der Waals surface area contributed by atoms with E-state index < -0.39 is 0 Å². The van der Waals surface area contributed by atoms with Crippen molar-refractivity contribution in [3.05, 3.63) is 51.5 Å². The van der Waals surface area contributed by atoms with Gasteiger partial charge in [-0.15, -0.1) is 11.3 Å². The SMILES string of the molecule is Cc1cc(C(=O)N(Cc2ccccn2)C2CC2)sc1C. The number of aromatic nitrogens is 1. The molecule has 0 atom stereocenters. The summed E-state index contributed by atoms with van der Waals surface area (Å²) in [7, 11) is 0. The van der Waals surface area contributed by atoms with Gasteiger partial charge in [0.1, 0.15) is 0 Å². The van der Waals surface area contributed by atoms with Crippen LogP contribution in [0.3, 0.4) is 0 Å². The van der Waals surface area contributed by atoms with Gasteiger partial charge in [0.2, 0.25) is 0 Å². The average molecular weight is 286 g/mol. The number of hydrogen-bond acceptors (Lipinski definition) is 3. The molecule has 2 aromatic heterocycles. The van der Waals surface area contributed by atoms with Gasteiger partial charge < -0.3 is 4.90 Å². The minimum absolute atomic E-state index is 0.152. The number of aryl methyl sites for hydroxylation is 2. The second kappa shape index (κ2) is 5.37. The van der Waals surface area contributed by atoms with Crippen molar-refractivity contribution in [2.24, 2.45) is 0 Å². The third kappa shape index (κ3) is 2.75. The van der Waals surface area contributed by atoms with Gasteiger partial charge in [-0.25, -0.2) is 0 Å². The Bertz CT molecular complexity index is 597. The zero-order valence-electron chi connectivity index (χ0n) is 11.8. The molecule has 1 aliphatic carbocycles. The summed E-state index contributed by atoms with van der Waals surface area (Å²) in [6.45, 7) is 4.74. The summed E-state index contributed by atoms with van der Waals surface area (Å²) in [5.41, 5.74) is 2.16. The molecule has 0 radical (unpaired) electrons. The predicted octanol–water partition coefficient (Wildman–Crippen LogP) is 3.56. The van der Waals surface area contributed by atoms with Gasteiger partial charge in [-0.3, -0.25) is 9.78 Å². The fraction of sp³-hybridized carbons (Fsp3) is 0.375. The van der Waals surface area contributed by atoms with E-state index in [4.69, 9.17) is 0 Å². The Morgan fingerprint density at radius 2 is 2.20 bits per heavy atom. The molecule has 3 rings (SSSR count). The smallest absolute Gasteiger partial charge is 0.264 e. The first-order valence-electron chi connectivity index (χ1n) is 6.93. The lowest BCUT2D eigenvalue weighted by Crippen LogP contribution is -2.32. The standard InChI is InChI=1S/C16H18N2OS/c1-11-9-15(20-12(11)2)16(19)18(14-6-7-14)10-13-5-3-4-8-17-13/h3-5,8-9,14H,6-7,10H2,1-2H3. The molecule has 4 heteroatoms. The van der Waals surface area contributed by atoms with Crippen molar-refractivity contribution in [1.29, 1.82) is 0 Å². The van der Waals surface area contributed by atoms with Gasteiger partial charge in [0, 0.05) is 17.1 Å². The Morgan fingerprint density at radius 3 is 2.75 bits per heavy atom. The monoisotopic (exact) mass is 286 g/mol. The number of pyridine rings is 1. The van der Waals surface area contributed by atoms with Gasteiger partial charge in [0.25, 0.3) is 5.91 Å². The number of carbonyl (C=O) groups is 1. The zero-order chi connectivity index (χ0) is 14.1. The van der Waals surface area contributed by atoms with Crippen LogP contribution in [0, 0.1) is 13.8 Å². The second-order valence-corrected chi connectivity index (χ2v) is 6.59. The molecular weight excluding hydrogens is 268 g/mol. The molecular formula is C16H18N2OS. The maximum Gasteiger partial charge on any atom is 0.264 e. The van der Waals surface area contributed by atoms with Gasteiger partial charge in [0.05, 0.1) is 17.1 Å². The predicted molar refractivity (Wildman–Crippen MR) is 80.9 cm³/mol. The Kier molecular flexibility index (Phi) is 3.57. The van der Waals surface area contributed by atoms with Crippen molar-refractivity contribution in [2.45, 2.75) is 39.3 Å². The molecule has 0 aliphatic heterocycles. The number of amides is 1. The number of nitrogens with zero attached hydrogens (tertiary/aromatic N) is 2. The minimum atomic E-state index is 0.152. The Balaban J connectivity index is 1.82. The van der Waals surface area contributed by atoms with Crippen LogP contribution in [-0.4, -0.2) is 21.8 Å². The summed E-state index contributed by atoms with van der Waals surface area (Å²) >= 11 is 1.59. The lowest BCUT2D eigenvalue weighted by atomic mass is 10.2. The molecule has 0 aromatic carbocycles. The van der Waals surface area contributed by atoms with Crippen molar-refractivity contribution < 1.29 is 4.79 Å². The fourth-order valence-electron chi connectivity index (χ4n) is 2.24. The molecule has 3 nitrogen and oxygen atoms in total. The van der Waals surface area contributed by atoms with Crippen molar-refractivity contribution in [2.75, 3.05) is 0 Å². The van der Waals surface area contributed by atoms with Crippen molar-refractivity contribution in [3.8, 4) is 0 Å². The number of hydrogen-bond donors (Lipinski definition) is 0. The van der Waals surface area contributed by atoms with Gasteiger partial charge in [-0.2, -0.15) is 0 Å². The number of thiophene rings is 1. The van der Waals surface area contributed by atoms with Crippen LogP contribution in [0.5, 0.6) is 0 Å². The topological polar surface area (TPSA) is 33.2 Å².